The molecule has 0 spiro atoms. The molecule has 0 N–H and O–H groups in total. The van der Waals surface area contributed by atoms with Gasteiger partial charge < -0.3 is 14.5 Å². The van der Waals surface area contributed by atoms with E-state index in [-0.39, 0.29) is 23.8 Å². The molecule has 5 nitrogen and oxygen atoms in total. The van der Waals surface area contributed by atoms with Gasteiger partial charge in [0.2, 0.25) is 5.91 Å². The molecule has 23 heavy (non-hydrogen) atoms. The van der Waals surface area contributed by atoms with Crippen molar-refractivity contribution < 1.29 is 14.3 Å². The van der Waals surface area contributed by atoms with Crippen molar-refractivity contribution in [1.82, 2.24) is 4.90 Å². The summed E-state index contributed by atoms with van der Waals surface area (Å²) in [5.74, 6) is -0.0404. The van der Waals surface area contributed by atoms with Crippen molar-refractivity contribution in [2.24, 2.45) is 5.92 Å². The van der Waals surface area contributed by atoms with Crippen LogP contribution in [-0.4, -0.2) is 49.1 Å². The molecule has 0 aromatic heterocycles. The first-order chi connectivity index (χ1) is 11.0. The molecule has 2 aliphatic rings. The van der Waals surface area contributed by atoms with Gasteiger partial charge in [-0.2, -0.15) is 0 Å². The van der Waals surface area contributed by atoms with Gasteiger partial charge in [-0.3, -0.25) is 9.59 Å². The van der Waals surface area contributed by atoms with Crippen LogP contribution in [0, 0.1) is 5.92 Å². The number of carbonyl (C=O) groups excluding carboxylic acids is 2. The number of benzene rings is 1. The topological polar surface area (TPSA) is 49.9 Å². The number of rotatable bonds is 3. The minimum Gasteiger partial charge on any atom is -0.465 e. The molecule has 1 amide bonds. The third-order valence-corrected chi connectivity index (χ3v) is 4.75. The average Bonchev–Trinajstić information content (AvgIpc) is 2.92. The number of ether oxygens (including phenoxy) is 1. The van der Waals surface area contributed by atoms with Gasteiger partial charge in [-0.15, -0.1) is 0 Å². The van der Waals surface area contributed by atoms with Crippen molar-refractivity contribution in [1.29, 1.82) is 0 Å². The summed E-state index contributed by atoms with van der Waals surface area (Å²) >= 11 is 6.06. The van der Waals surface area contributed by atoms with Crippen molar-refractivity contribution in [2.75, 3.05) is 31.1 Å². The van der Waals surface area contributed by atoms with Crippen molar-refractivity contribution in [3.8, 4) is 0 Å². The molecule has 2 atom stereocenters. The molecule has 2 saturated heterocycles. The molecule has 1 aromatic carbocycles. The number of nitrogens with zero attached hydrogens (tertiary/aromatic N) is 2. The highest BCUT2D eigenvalue weighted by Gasteiger charge is 2.32. The zero-order valence-electron chi connectivity index (χ0n) is 13.2. The van der Waals surface area contributed by atoms with E-state index in [1.807, 2.05) is 29.2 Å². The van der Waals surface area contributed by atoms with Crippen LogP contribution >= 0.6 is 11.6 Å². The molecule has 0 unspecified atom stereocenters. The standard InChI is InChI=1S/C17H21ClN2O3/c1-12-10-19(15-4-2-3-14(18)9-15)5-6-20(12)16(21)7-13-8-17(22)23-11-13/h2-4,9,12-13H,5-8,10-11H2,1H3/t12-,13+/m1/s1. The van der Waals surface area contributed by atoms with Gasteiger partial charge in [0.25, 0.3) is 0 Å². The number of esters is 1. The van der Waals surface area contributed by atoms with Crippen molar-refractivity contribution in [3.05, 3.63) is 29.3 Å². The first kappa shape index (κ1) is 16.1. The summed E-state index contributed by atoms with van der Waals surface area (Å²) < 4.78 is 4.94. The second-order valence-corrected chi connectivity index (χ2v) is 6.76. The lowest BCUT2D eigenvalue weighted by Crippen LogP contribution is -2.54. The van der Waals surface area contributed by atoms with Crippen LogP contribution in [0.3, 0.4) is 0 Å². The number of piperazine rings is 1. The van der Waals surface area contributed by atoms with Gasteiger partial charge in [-0.25, -0.2) is 0 Å². The van der Waals surface area contributed by atoms with Crippen molar-refractivity contribution >= 4 is 29.2 Å². The second kappa shape index (κ2) is 6.79. The van der Waals surface area contributed by atoms with Crippen LogP contribution in [-0.2, 0) is 14.3 Å². The zero-order chi connectivity index (χ0) is 16.4. The van der Waals surface area contributed by atoms with E-state index >= 15 is 0 Å². The molecule has 3 rings (SSSR count). The van der Waals surface area contributed by atoms with Gasteiger partial charge in [-0.1, -0.05) is 17.7 Å². The van der Waals surface area contributed by atoms with Gasteiger partial charge in [0, 0.05) is 48.7 Å². The molecule has 2 heterocycles. The monoisotopic (exact) mass is 336 g/mol. The smallest absolute Gasteiger partial charge is 0.306 e. The van der Waals surface area contributed by atoms with E-state index in [0.29, 0.717) is 26.0 Å². The minimum atomic E-state index is -0.193. The Morgan fingerprint density at radius 3 is 2.87 bits per heavy atom. The van der Waals surface area contributed by atoms with Crippen LogP contribution in [0.4, 0.5) is 5.69 Å². The Morgan fingerprint density at radius 1 is 1.39 bits per heavy atom. The Bertz CT molecular complexity index is 607. The third-order valence-electron chi connectivity index (χ3n) is 4.52. The number of anilines is 1. The predicted octanol–water partition coefficient (Wildman–Crippen LogP) is 2.33. The lowest BCUT2D eigenvalue weighted by Gasteiger charge is -2.41. The minimum absolute atomic E-state index is 0.0353. The van der Waals surface area contributed by atoms with Crippen LogP contribution in [0.1, 0.15) is 19.8 Å². The molecular weight excluding hydrogens is 316 g/mol. The van der Waals surface area contributed by atoms with Crippen molar-refractivity contribution in [3.63, 3.8) is 0 Å². The van der Waals surface area contributed by atoms with E-state index in [4.69, 9.17) is 16.3 Å². The van der Waals surface area contributed by atoms with E-state index < -0.39 is 0 Å². The SMILES string of the molecule is C[C@@H]1CN(c2cccc(Cl)c2)CCN1C(=O)C[C@@H]1COC(=O)C1. The van der Waals surface area contributed by atoms with Crippen molar-refractivity contribution in [2.45, 2.75) is 25.8 Å². The molecule has 1 aromatic rings. The van der Waals surface area contributed by atoms with E-state index in [9.17, 15) is 9.59 Å². The van der Waals surface area contributed by atoms with Crippen LogP contribution in [0.15, 0.2) is 24.3 Å². The first-order valence-corrected chi connectivity index (χ1v) is 8.36. The fourth-order valence-electron chi connectivity index (χ4n) is 3.30. The highest BCUT2D eigenvalue weighted by Crippen LogP contribution is 2.24. The predicted molar refractivity (Wildman–Crippen MR) is 88.5 cm³/mol. The van der Waals surface area contributed by atoms with Crippen LogP contribution in [0.25, 0.3) is 0 Å². The van der Waals surface area contributed by atoms with Crippen LogP contribution < -0.4 is 4.90 Å². The number of amides is 1. The maximum Gasteiger partial charge on any atom is 0.306 e. The number of halogens is 1. The summed E-state index contributed by atoms with van der Waals surface area (Å²) in [6.07, 6.45) is 0.760. The third kappa shape index (κ3) is 3.78. The Kier molecular flexibility index (Phi) is 4.76. The maximum atomic E-state index is 12.5. The van der Waals surface area contributed by atoms with Crippen LogP contribution in [0.2, 0.25) is 5.02 Å². The van der Waals surface area contributed by atoms with Gasteiger partial charge in [-0.05, 0) is 25.1 Å². The van der Waals surface area contributed by atoms with E-state index in [1.54, 1.807) is 0 Å². The first-order valence-electron chi connectivity index (χ1n) is 7.98. The number of hydrogen-bond donors (Lipinski definition) is 0. The summed E-state index contributed by atoms with van der Waals surface area (Å²) in [4.78, 5) is 27.8. The highest BCUT2D eigenvalue weighted by atomic mass is 35.5. The Morgan fingerprint density at radius 2 is 2.22 bits per heavy atom. The zero-order valence-corrected chi connectivity index (χ0v) is 14.0. The molecular formula is C17H21ClN2O3. The van der Waals surface area contributed by atoms with E-state index in [2.05, 4.69) is 11.8 Å². The highest BCUT2D eigenvalue weighted by molar-refractivity contribution is 6.30. The Balaban J connectivity index is 1.58. The summed E-state index contributed by atoms with van der Waals surface area (Å²) in [5, 5.41) is 0.722. The van der Waals surface area contributed by atoms with Gasteiger partial charge in [0.1, 0.15) is 0 Å². The van der Waals surface area contributed by atoms with E-state index in [1.165, 1.54) is 0 Å². The molecule has 0 saturated carbocycles. The summed E-state index contributed by atoms with van der Waals surface area (Å²) in [5.41, 5.74) is 1.09. The lowest BCUT2D eigenvalue weighted by atomic mass is 10.0. The number of hydrogen-bond acceptors (Lipinski definition) is 4. The Hall–Kier alpha value is -1.75. The van der Waals surface area contributed by atoms with Gasteiger partial charge in [0.15, 0.2) is 0 Å². The number of cyclic esters (lactones) is 1. The van der Waals surface area contributed by atoms with Gasteiger partial charge in [0.05, 0.1) is 13.0 Å². The fourth-order valence-corrected chi connectivity index (χ4v) is 3.48. The van der Waals surface area contributed by atoms with E-state index in [0.717, 1.165) is 23.8 Å². The largest absolute Gasteiger partial charge is 0.465 e. The molecule has 0 bridgehead atoms. The van der Waals surface area contributed by atoms with Crippen LogP contribution in [0.5, 0.6) is 0 Å². The molecule has 0 radical (unpaired) electrons. The lowest BCUT2D eigenvalue weighted by molar-refractivity contribution is -0.138. The quantitative estimate of drug-likeness (QED) is 0.795. The molecule has 124 valence electrons. The normalized spacial score (nSPS) is 24.7. The molecule has 2 aliphatic heterocycles. The summed E-state index contributed by atoms with van der Waals surface area (Å²) in [7, 11) is 0. The Labute approximate surface area is 141 Å². The number of carbonyl (C=O) groups is 2. The summed E-state index contributed by atoms with van der Waals surface area (Å²) in [6.45, 7) is 4.70. The fraction of sp³-hybridized carbons (Fsp3) is 0.529. The molecule has 0 aliphatic carbocycles. The second-order valence-electron chi connectivity index (χ2n) is 6.32. The van der Waals surface area contributed by atoms with Gasteiger partial charge >= 0.3 is 5.97 Å². The maximum absolute atomic E-state index is 12.5. The average molecular weight is 337 g/mol. The molecule has 6 heteroatoms. The summed E-state index contributed by atoms with van der Waals surface area (Å²) in [6, 6.07) is 7.93. The molecule has 2 fully saturated rings.